The highest BCUT2D eigenvalue weighted by molar-refractivity contribution is 6.32. The number of hydrogen-bond donors (Lipinski definition) is 0. The number of benzene rings is 1. The first-order valence-electron chi connectivity index (χ1n) is 4.98. The molecule has 0 unspecified atom stereocenters. The first kappa shape index (κ1) is 12.1. The number of halogens is 1. The molecule has 0 aromatic heterocycles. The number of carbonyl (C=O) groups excluding carboxylic acids is 1. The third-order valence-electron chi connectivity index (χ3n) is 2.02. The molecule has 15 heavy (non-hydrogen) atoms. The molecule has 0 amide bonds. The van der Waals surface area contributed by atoms with Crippen molar-refractivity contribution in [2.45, 2.75) is 26.7 Å². The van der Waals surface area contributed by atoms with E-state index in [9.17, 15) is 4.79 Å². The number of rotatable bonds is 5. The van der Waals surface area contributed by atoms with E-state index in [0.717, 1.165) is 12.0 Å². The molecule has 0 saturated carbocycles. The summed E-state index contributed by atoms with van der Waals surface area (Å²) in [5, 5.41) is 0.623. The summed E-state index contributed by atoms with van der Waals surface area (Å²) >= 11 is 5.98. The Morgan fingerprint density at radius 3 is 2.80 bits per heavy atom. The summed E-state index contributed by atoms with van der Waals surface area (Å²) in [6, 6.07) is 5.67. The Labute approximate surface area is 95.2 Å². The highest BCUT2D eigenvalue weighted by atomic mass is 35.5. The zero-order valence-corrected chi connectivity index (χ0v) is 9.80. The van der Waals surface area contributed by atoms with Crippen molar-refractivity contribution >= 4 is 17.4 Å². The van der Waals surface area contributed by atoms with Gasteiger partial charge in [0, 0.05) is 6.42 Å². The van der Waals surface area contributed by atoms with Crippen molar-refractivity contribution in [2.75, 3.05) is 6.61 Å². The van der Waals surface area contributed by atoms with E-state index in [-0.39, 0.29) is 5.78 Å². The maximum Gasteiger partial charge on any atom is 0.137 e. The summed E-state index contributed by atoms with van der Waals surface area (Å²) < 4.78 is 5.46. The lowest BCUT2D eigenvalue weighted by molar-refractivity contribution is -0.117. The Hall–Kier alpha value is -1.02. The van der Waals surface area contributed by atoms with Gasteiger partial charge in [-0.2, -0.15) is 0 Å². The fourth-order valence-corrected chi connectivity index (χ4v) is 1.52. The predicted molar refractivity (Wildman–Crippen MR) is 61.6 cm³/mol. The van der Waals surface area contributed by atoms with Crippen LogP contribution in [0.15, 0.2) is 18.2 Å². The number of ketones is 1. The zero-order chi connectivity index (χ0) is 11.3. The number of hydrogen-bond acceptors (Lipinski definition) is 2. The molecule has 0 radical (unpaired) electrons. The molecule has 0 N–H and O–H groups in total. The van der Waals surface area contributed by atoms with Crippen LogP contribution in [0.25, 0.3) is 0 Å². The van der Waals surface area contributed by atoms with Crippen LogP contribution in [-0.4, -0.2) is 12.4 Å². The highest BCUT2D eigenvalue weighted by Gasteiger charge is 2.01. The second-order valence-corrected chi connectivity index (χ2v) is 4.00. The van der Waals surface area contributed by atoms with Gasteiger partial charge in [0.05, 0.1) is 11.6 Å². The molecule has 1 aromatic carbocycles. The van der Waals surface area contributed by atoms with Gasteiger partial charge in [0.1, 0.15) is 11.5 Å². The molecule has 0 aliphatic carbocycles. The van der Waals surface area contributed by atoms with Gasteiger partial charge >= 0.3 is 0 Å². The minimum atomic E-state index is 0.189. The monoisotopic (exact) mass is 226 g/mol. The van der Waals surface area contributed by atoms with Crippen molar-refractivity contribution in [3.05, 3.63) is 28.8 Å². The van der Waals surface area contributed by atoms with Crippen LogP contribution in [-0.2, 0) is 4.79 Å². The summed E-state index contributed by atoms with van der Waals surface area (Å²) in [5.74, 6) is 0.874. The number of ether oxygens (including phenoxy) is 1. The average molecular weight is 227 g/mol. The van der Waals surface area contributed by atoms with E-state index in [1.165, 1.54) is 0 Å². The fraction of sp³-hybridized carbons (Fsp3) is 0.417. The van der Waals surface area contributed by atoms with E-state index in [2.05, 4.69) is 0 Å². The van der Waals surface area contributed by atoms with Crippen molar-refractivity contribution in [3.8, 4) is 5.75 Å². The SMILES string of the molecule is CC(=O)CCCOc1ccc(C)cc1Cl. The van der Waals surface area contributed by atoms with Crippen molar-refractivity contribution in [2.24, 2.45) is 0 Å². The molecule has 0 spiro atoms. The molecule has 0 fully saturated rings. The van der Waals surface area contributed by atoms with Gasteiger partial charge in [-0.1, -0.05) is 17.7 Å². The fourth-order valence-electron chi connectivity index (χ4n) is 1.23. The normalized spacial score (nSPS) is 10.1. The summed E-state index contributed by atoms with van der Waals surface area (Å²) in [5.41, 5.74) is 1.11. The molecule has 0 heterocycles. The first-order chi connectivity index (χ1) is 7.09. The van der Waals surface area contributed by atoms with Crippen LogP contribution in [0, 0.1) is 6.92 Å². The average Bonchev–Trinajstić information content (AvgIpc) is 2.14. The lowest BCUT2D eigenvalue weighted by Gasteiger charge is -2.07. The number of carbonyl (C=O) groups is 1. The van der Waals surface area contributed by atoms with Crippen molar-refractivity contribution < 1.29 is 9.53 Å². The Morgan fingerprint density at radius 1 is 1.47 bits per heavy atom. The molecule has 0 aliphatic rings. The molecular formula is C12H15ClO2. The minimum Gasteiger partial charge on any atom is -0.492 e. The first-order valence-corrected chi connectivity index (χ1v) is 5.36. The Morgan fingerprint density at radius 2 is 2.20 bits per heavy atom. The van der Waals surface area contributed by atoms with Gasteiger partial charge in [0.25, 0.3) is 0 Å². The molecule has 1 aromatic rings. The van der Waals surface area contributed by atoms with Gasteiger partial charge in [-0.25, -0.2) is 0 Å². The zero-order valence-electron chi connectivity index (χ0n) is 9.05. The summed E-state index contributed by atoms with van der Waals surface area (Å²) in [4.78, 5) is 10.7. The standard InChI is InChI=1S/C12H15ClO2/c1-9-5-6-12(11(13)8-9)15-7-3-4-10(2)14/h5-6,8H,3-4,7H2,1-2H3. The van der Waals surface area contributed by atoms with Crippen LogP contribution in [0.3, 0.4) is 0 Å². The van der Waals surface area contributed by atoms with E-state index in [0.29, 0.717) is 23.8 Å². The van der Waals surface area contributed by atoms with Crippen molar-refractivity contribution in [1.29, 1.82) is 0 Å². The van der Waals surface area contributed by atoms with Gasteiger partial charge in [-0.15, -0.1) is 0 Å². The van der Waals surface area contributed by atoms with Gasteiger partial charge in [-0.05, 0) is 38.0 Å². The van der Waals surface area contributed by atoms with Crippen LogP contribution in [0.5, 0.6) is 5.75 Å². The smallest absolute Gasteiger partial charge is 0.137 e. The van der Waals surface area contributed by atoms with Gasteiger partial charge in [0.15, 0.2) is 0 Å². The van der Waals surface area contributed by atoms with E-state index >= 15 is 0 Å². The second kappa shape index (κ2) is 5.76. The van der Waals surface area contributed by atoms with Crippen LogP contribution in [0.2, 0.25) is 5.02 Å². The van der Waals surface area contributed by atoms with Crippen LogP contribution in [0.1, 0.15) is 25.3 Å². The molecular weight excluding hydrogens is 212 g/mol. The lowest BCUT2D eigenvalue weighted by atomic mass is 10.2. The molecule has 0 bridgehead atoms. The lowest BCUT2D eigenvalue weighted by Crippen LogP contribution is -2.00. The number of Topliss-reactive ketones (excluding diaryl/α,β-unsaturated/α-hetero) is 1. The Balaban J connectivity index is 2.40. The van der Waals surface area contributed by atoms with E-state index in [1.807, 2.05) is 25.1 Å². The number of aryl methyl sites for hydroxylation is 1. The third kappa shape index (κ3) is 4.34. The Bertz CT molecular complexity index is 347. The topological polar surface area (TPSA) is 26.3 Å². The van der Waals surface area contributed by atoms with E-state index < -0.39 is 0 Å². The maximum absolute atomic E-state index is 10.7. The summed E-state index contributed by atoms with van der Waals surface area (Å²) in [6.07, 6.45) is 1.29. The quantitative estimate of drug-likeness (QED) is 0.720. The van der Waals surface area contributed by atoms with E-state index in [4.69, 9.17) is 16.3 Å². The minimum absolute atomic E-state index is 0.189. The molecule has 3 heteroatoms. The second-order valence-electron chi connectivity index (χ2n) is 3.59. The molecule has 82 valence electrons. The van der Waals surface area contributed by atoms with Crippen LogP contribution >= 0.6 is 11.6 Å². The predicted octanol–water partition coefficient (Wildman–Crippen LogP) is 3.40. The summed E-state index contributed by atoms with van der Waals surface area (Å²) in [7, 11) is 0. The molecule has 0 saturated heterocycles. The molecule has 0 atom stereocenters. The Kier molecular flexibility index (Phi) is 4.63. The molecule has 2 nitrogen and oxygen atoms in total. The summed E-state index contributed by atoms with van der Waals surface area (Å²) in [6.45, 7) is 4.09. The maximum atomic E-state index is 10.7. The van der Waals surface area contributed by atoms with Crippen molar-refractivity contribution in [3.63, 3.8) is 0 Å². The van der Waals surface area contributed by atoms with Crippen LogP contribution < -0.4 is 4.74 Å². The van der Waals surface area contributed by atoms with Gasteiger partial charge in [0.2, 0.25) is 0 Å². The van der Waals surface area contributed by atoms with E-state index in [1.54, 1.807) is 6.92 Å². The largest absolute Gasteiger partial charge is 0.492 e. The van der Waals surface area contributed by atoms with Crippen LogP contribution in [0.4, 0.5) is 0 Å². The van der Waals surface area contributed by atoms with Crippen molar-refractivity contribution in [1.82, 2.24) is 0 Å². The molecule has 0 aliphatic heterocycles. The van der Waals surface area contributed by atoms with Gasteiger partial charge < -0.3 is 9.53 Å². The third-order valence-corrected chi connectivity index (χ3v) is 2.31. The molecule has 1 rings (SSSR count). The highest BCUT2D eigenvalue weighted by Crippen LogP contribution is 2.25. The van der Waals surface area contributed by atoms with Gasteiger partial charge in [-0.3, -0.25) is 0 Å².